The van der Waals surface area contributed by atoms with Crippen LogP contribution < -0.4 is 4.90 Å². The highest BCUT2D eigenvalue weighted by atomic mass is 32.1. The van der Waals surface area contributed by atoms with Crippen LogP contribution in [0.1, 0.15) is 24.8 Å². The van der Waals surface area contributed by atoms with Gasteiger partial charge in [0.15, 0.2) is 0 Å². The van der Waals surface area contributed by atoms with Crippen LogP contribution in [0.3, 0.4) is 0 Å². The zero-order valence-corrected chi connectivity index (χ0v) is 24.7. The molecule has 0 spiro atoms. The molecular weight excluding hydrogens is 557 g/mol. The van der Waals surface area contributed by atoms with E-state index in [9.17, 15) is 4.79 Å². The third-order valence-electron chi connectivity index (χ3n) is 9.07. The van der Waals surface area contributed by atoms with Crippen molar-refractivity contribution in [3.63, 3.8) is 0 Å². The first-order chi connectivity index (χ1) is 20.5. The number of nitriles is 1. The van der Waals surface area contributed by atoms with Gasteiger partial charge in [0, 0.05) is 43.3 Å². The molecule has 2 bridgehead atoms. The Morgan fingerprint density at radius 2 is 1.60 bits per heavy atom. The minimum atomic E-state index is -1.21. The highest BCUT2D eigenvalue weighted by molar-refractivity contribution is 7.31. The summed E-state index contributed by atoms with van der Waals surface area (Å²) < 4.78 is 2.52. The summed E-state index contributed by atoms with van der Waals surface area (Å²) in [5.41, 5.74) is 5.33. The van der Waals surface area contributed by atoms with E-state index in [1.807, 2.05) is 35.6 Å². The molecule has 2 aromatic carbocycles. The summed E-state index contributed by atoms with van der Waals surface area (Å²) in [7, 11) is 0. The van der Waals surface area contributed by atoms with Crippen LogP contribution in [0.25, 0.3) is 36.4 Å². The Balaban J connectivity index is 1.11. The molecule has 2 aliphatic carbocycles. The van der Waals surface area contributed by atoms with Gasteiger partial charge >= 0.3 is 5.97 Å². The van der Waals surface area contributed by atoms with Crippen LogP contribution in [0.4, 0.5) is 5.69 Å². The molecule has 3 aliphatic rings. The van der Waals surface area contributed by atoms with Gasteiger partial charge in [-0.2, -0.15) is 5.26 Å². The molecule has 7 rings (SSSR count). The predicted octanol–water partition coefficient (Wildman–Crippen LogP) is 9.19. The van der Waals surface area contributed by atoms with Gasteiger partial charge in [-0.15, -0.1) is 22.7 Å². The third-order valence-corrected chi connectivity index (χ3v) is 11.5. The lowest BCUT2D eigenvalue weighted by atomic mass is 9.79. The quantitative estimate of drug-likeness (QED) is 0.187. The lowest BCUT2D eigenvalue weighted by Gasteiger charge is -2.41. The molecule has 4 aromatic rings. The maximum Gasteiger partial charge on any atom is 0.346 e. The van der Waals surface area contributed by atoms with Crippen molar-refractivity contribution in [2.45, 2.75) is 25.3 Å². The van der Waals surface area contributed by atoms with E-state index in [-0.39, 0.29) is 5.57 Å². The number of carboxylic acid groups (broad SMARTS) is 1. The van der Waals surface area contributed by atoms with Gasteiger partial charge in [-0.05, 0) is 83.7 Å². The van der Waals surface area contributed by atoms with Crippen molar-refractivity contribution < 1.29 is 9.90 Å². The first-order valence-corrected chi connectivity index (χ1v) is 16.0. The van der Waals surface area contributed by atoms with Gasteiger partial charge in [-0.3, -0.25) is 0 Å². The number of hydrogen-bond acceptors (Lipinski definition) is 5. The number of carboxylic acids is 1. The summed E-state index contributed by atoms with van der Waals surface area (Å²) in [6, 6.07) is 23.6. The van der Waals surface area contributed by atoms with Gasteiger partial charge in [0.05, 0.1) is 0 Å². The molecule has 208 valence electrons. The molecule has 4 unspecified atom stereocenters. The number of thiophene rings is 2. The highest BCUT2D eigenvalue weighted by Gasteiger charge is 2.50. The van der Waals surface area contributed by atoms with E-state index >= 15 is 0 Å². The fourth-order valence-electron chi connectivity index (χ4n) is 7.16. The van der Waals surface area contributed by atoms with Gasteiger partial charge in [-0.25, -0.2) is 4.79 Å². The number of anilines is 1. The SMILES string of the molecule is C=C1/C=C\C=C/CN(c2ccc(-c3cc4sc(-c5ccc(/C=C(\C#N)C(=O)O)cc5)cc4s3)cc2)C2C3CCC(C3)C12. The van der Waals surface area contributed by atoms with Crippen LogP contribution in [-0.2, 0) is 4.79 Å². The second-order valence-corrected chi connectivity index (χ2v) is 13.6. The number of benzene rings is 2. The molecule has 42 heavy (non-hydrogen) atoms. The van der Waals surface area contributed by atoms with E-state index in [4.69, 9.17) is 10.4 Å². The summed E-state index contributed by atoms with van der Waals surface area (Å²) >= 11 is 3.58. The predicted molar refractivity (Wildman–Crippen MR) is 175 cm³/mol. The summed E-state index contributed by atoms with van der Waals surface area (Å²) in [4.78, 5) is 16.2. The van der Waals surface area contributed by atoms with E-state index in [2.05, 4.69) is 72.2 Å². The number of fused-ring (bicyclic) bond motifs is 6. The van der Waals surface area contributed by atoms with Gasteiger partial charge in [0.1, 0.15) is 11.6 Å². The smallest absolute Gasteiger partial charge is 0.346 e. The van der Waals surface area contributed by atoms with Crippen molar-refractivity contribution in [2.24, 2.45) is 17.8 Å². The molecule has 0 radical (unpaired) electrons. The molecule has 1 N–H and O–H groups in total. The van der Waals surface area contributed by atoms with E-state index in [0.29, 0.717) is 17.5 Å². The number of hydrogen-bond donors (Lipinski definition) is 1. The van der Waals surface area contributed by atoms with Crippen LogP contribution in [0.15, 0.2) is 103 Å². The number of rotatable bonds is 5. The number of carbonyl (C=O) groups is 1. The van der Waals surface area contributed by atoms with E-state index in [1.54, 1.807) is 17.4 Å². The molecule has 4 atom stereocenters. The van der Waals surface area contributed by atoms with Crippen LogP contribution in [0.2, 0.25) is 0 Å². The number of allylic oxidation sites excluding steroid dienone is 3. The van der Waals surface area contributed by atoms with Crippen molar-refractivity contribution in [2.75, 3.05) is 11.4 Å². The lowest BCUT2D eigenvalue weighted by molar-refractivity contribution is -0.132. The number of nitrogens with zero attached hydrogens (tertiary/aromatic N) is 2. The maximum absolute atomic E-state index is 11.1. The Hall–Kier alpha value is -4.18. The average Bonchev–Trinajstić information content (AvgIpc) is 3.79. The Bertz CT molecular complexity index is 1780. The zero-order valence-electron chi connectivity index (χ0n) is 23.1. The van der Waals surface area contributed by atoms with Crippen LogP contribution >= 0.6 is 22.7 Å². The summed E-state index contributed by atoms with van der Waals surface area (Å²) in [5.74, 6) is 0.852. The minimum absolute atomic E-state index is 0.271. The Kier molecular flexibility index (Phi) is 6.93. The first-order valence-electron chi connectivity index (χ1n) is 14.4. The molecule has 0 saturated heterocycles. The standard InChI is InChI=1S/C36H30N2O2S2/c1-22-5-3-2-4-16-38(35-27-11-10-26(18-27)34(22)35)29-14-12-25(13-15-29)31-20-33-32(42-31)19-30(41-33)24-8-6-23(7-9-24)17-28(21-37)36(39)40/h2-9,12-15,17,19-20,26-27,34-35H,1,10-11,16,18H2,(H,39,40)/b4-2-,5-3-,28-17+. The molecule has 4 nitrogen and oxygen atoms in total. The van der Waals surface area contributed by atoms with Crippen LogP contribution in [0, 0.1) is 29.1 Å². The van der Waals surface area contributed by atoms with Crippen molar-refractivity contribution in [1.29, 1.82) is 5.26 Å². The Morgan fingerprint density at radius 1 is 0.952 bits per heavy atom. The molecule has 0 amide bonds. The second kappa shape index (κ2) is 10.9. The number of aliphatic carboxylic acids is 1. The van der Waals surface area contributed by atoms with Crippen molar-refractivity contribution in [3.8, 4) is 27.0 Å². The Morgan fingerprint density at radius 3 is 2.24 bits per heavy atom. The second-order valence-electron chi connectivity index (χ2n) is 11.5. The van der Waals surface area contributed by atoms with Gasteiger partial charge in [0.25, 0.3) is 0 Å². The van der Waals surface area contributed by atoms with Gasteiger partial charge in [-0.1, -0.05) is 67.3 Å². The molecule has 3 heterocycles. The van der Waals surface area contributed by atoms with Crippen LogP contribution in [-0.4, -0.2) is 23.7 Å². The fraction of sp³-hybridized carbons (Fsp3) is 0.222. The highest BCUT2D eigenvalue weighted by Crippen LogP contribution is 2.54. The maximum atomic E-state index is 11.1. The largest absolute Gasteiger partial charge is 0.477 e. The minimum Gasteiger partial charge on any atom is -0.477 e. The summed E-state index contributed by atoms with van der Waals surface area (Å²) in [6.07, 6.45) is 14.2. The van der Waals surface area contributed by atoms with Gasteiger partial charge < -0.3 is 10.0 Å². The monoisotopic (exact) mass is 586 g/mol. The van der Waals surface area contributed by atoms with Crippen LogP contribution in [0.5, 0.6) is 0 Å². The summed E-state index contributed by atoms with van der Waals surface area (Å²) in [6.45, 7) is 5.41. The lowest BCUT2D eigenvalue weighted by Crippen LogP contribution is -2.45. The zero-order chi connectivity index (χ0) is 28.8. The van der Waals surface area contributed by atoms with E-state index in [1.165, 1.54) is 61.3 Å². The van der Waals surface area contributed by atoms with Crippen molar-refractivity contribution >= 4 is 49.8 Å². The van der Waals surface area contributed by atoms with Gasteiger partial charge in [0.2, 0.25) is 0 Å². The molecular formula is C36H30N2O2S2. The fourth-order valence-corrected chi connectivity index (χ4v) is 9.57. The topological polar surface area (TPSA) is 64.3 Å². The normalized spacial score (nSPS) is 25.0. The van der Waals surface area contributed by atoms with Crippen molar-refractivity contribution in [3.05, 3.63) is 108 Å². The molecule has 1 aliphatic heterocycles. The summed E-state index contributed by atoms with van der Waals surface area (Å²) in [5, 5.41) is 18.1. The molecule has 6 heteroatoms. The van der Waals surface area contributed by atoms with E-state index < -0.39 is 5.97 Å². The first kappa shape index (κ1) is 26.7. The average molecular weight is 587 g/mol. The van der Waals surface area contributed by atoms with E-state index in [0.717, 1.165) is 23.9 Å². The third kappa shape index (κ3) is 4.83. The Labute approximate surface area is 253 Å². The van der Waals surface area contributed by atoms with Crippen molar-refractivity contribution in [1.82, 2.24) is 0 Å². The molecule has 2 saturated carbocycles. The molecule has 2 fully saturated rings. The molecule has 2 aromatic heterocycles.